The highest BCUT2D eigenvalue weighted by atomic mass is 16.3. The van der Waals surface area contributed by atoms with Gasteiger partial charge < -0.3 is 13.7 Å². The fraction of sp³-hybridized carbons (Fsp3) is 0.194. The summed E-state index contributed by atoms with van der Waals surface area (Å²) in [5.74, 6) is 0. The molecule has 3 heteroatoms. The third-order valence-corrected chi connectivity index (χ3v) is 16.8. The van der Waals surface area contributed by atoms with E-state index in [-0.39, 0.29) is 21.7 Å². The highest BCUT2D eigenvalue weighted by Gasteiger charge is 2.44. The molecule has 0 aliphatic heterocycles. The minimum absolute atomic E-state index is 0.0309. The zero-order chi connectivity index (χ0) is 47.8. The second kappa shape index (κ2) is 13.8. The lowest BCUT2D eigenvalue weighted by Crippen LogP contribution is -2.18. The van der Waals surface area contributed by atoms with E-state index < -0.39 is 0 Å². The van der Waals surface area contributed by atoms with Crippen LogP contribution in [0.4, 0.5) is 17.1 Å². The molecular weight excluding hydrogens is 851 g/mol. The van der Waals surface area contributed by atoms with Crippen molar-refractivity contribution in [3.05, 3.63) is 209 Å². The monoisotopic (exact) mass is 905 g/mol. The van der Waals surface area contributed by atoms with Gasteiger partial charge in [0.15, 0.2) is 0 Å². The predicted octanol–water partition coefficient (Wildman–Crippen LogP) is 18.8. The SMILES string of the molecule is CC(C)(C)c1ccc(N(c2ccc3c(c2)C(C)(C)c2cc4c(cc2-3)C(C)(C)c2ccc3oc5ccccc5c3c2-4)c2ccc3c(c2)C(C)(C)c2cc(-c4ccccc4)c4oc5ccccc5c4c2-3)cc1. The topological polar surface area (TPSA) is 29.5 Å². The van der Waals surface area contributed by atoms with Crippen LogP contribution in [-0.4, -0.2) is 0 Å². The van der Waals surface area contributed by atoms with Crippen LogP contribution in [0, 0.1) is 0 Å². The molecule has 0 saturated heterocycles. The molecule has 3 nitrogen and oxygen atoms in total. The van der Waals surface area contributed by atoms with Crippen LogP contribution in [0.1, 0.15) is 101 Å². The van der Waals surface area contributed by atoms with Gasteiger partial charge in [0.2, 0.25) is 0 Å². The minimum Gasteiger partial charge on any atom is -0.456 e. The van der Waals surface area contributed by atoms with E-state index in [1.165, 1.54) is 88.5 Å². The Kier molecular flexibility index (Phi) is 8.15. The van der Waals surface area contributed by atoms with Crippen molar-refractivity contribution < 1.29 is 8.83 Å². The highest BCUT2D eigenvalue weighted by molar-refractivity contribution is 6.19. The smallest absolute Gasteiger partial charge is 0.143 e. The summed E-state index contributed by atoms with van der Waals surface area (Å²) in [7, 11) is 0. The van der Waals surface area contributed by atoms with Crippen molar-refractivity contribution >= 4 is 60.9 Å². The van der Waals surface area contributed by atoms with E-state index in [2.05, 4.69) is 237 Å². The number of para-hydroxylation sites is 2. The van der Waals surface area contributed by atoms with Crippen molar-refractivity contribution in [3.63, 3.8) is 0 Å². The van der Waals surface area contributed by atoms with E-state index in [9.17, 15) is 0 Å². The highest BCUT2D eigenvalue weighted by Crippen LogP contribution is 2.60. The first-order valence-corrected chi connectivity index (χ1v) is 25.0. The van der Waals surface area contributed by atoms with Crippen molar-refractivity contribution in [1.29, 1.82) is 0 Å². The maximum Gasteiger partial charge on any atom is 0.143 e. The van der Waals surface area contributed by atoms with E-state index >= 15 is 0 Å². The van der Waals surface area contributed by atoms with Gasteiger partial charge in [-0.2, -0.15) is 0 Å². The Morgan fingerprint density at radius 2 is 0.886 bits per heavy atom. The van der Waals surface area contributed by atoms with Gasteiger partial charge in [0.05, 0.1) is 0 Å². The maximum atomic E-state index is 6.80. The van der Waals surface area contributed by atoms with E-state index in [0.717, 1.165) is 55.9 Å². The number of hydrogen-bond acceptors (Lipinski definition) is 3. The summed E-state index contributed by atoms with van der Waals surface area (Å²) >= 11 is 0. The van der Waals surface area contributed by atoms with E-state index in [4.69, 9.17) is 8.83 Å². The molecule has 3 aliphatic carbocycles. The summed E-state index contributed by atoms with van der Waals surface area (Å²) in [6.07, 6.45) is 0. The Hall–Kier alpha value is -7.62. The van der Waals surface area contributed by atoms with Gasteiger partial charge in [-0.25, -0.2) is 0 Å². The van der Waals surface area contributed by atoms with Gasteiger partial charge in [-0.1, -0.05) is 159 Å². The minimum atomic E-state index is -0.290. The fourth-order valence-electron chi connectivity index (χ4n) is 13.0. The molecule has 14 rings (SSSR count). The van der Waals surface area contributed by atoms with Crippen LogP contribution >= 0.6 is 0 Å². The largest absolute Gasteiger partial charge is 0.456 e. The second-order valence-corrected chi connectivity index (χ2v) is 22.9. The van der Waals surface area contributed by atoms with Gasteiger partial charge in [-0.05, 0) is 156 Å². The molecule has 0 saturated carbocycles. The normalized spacial score (nSPS) is 15.6. The summed E-state index contributed by atoms with van der Waals surface area (Å²) in [5.41, 5.74) is 26.1. The number of rotatable bonds is 4. The van der Waals surface area contributed by atoms with Gasteiger partial charge in [0.25, 0.3) is 0 Å². The van der Waals surface area contributed by atoms with Crippen LogP contribution in [0.25, 0.3) is 88.4 Å². The number of benzene rings is 9. The van der Waals surface area contributed by atoms with Crippen LogP contribution in [0.3, 0.4) is 0 Å². The number of anilines is 3. The molecule has 9 aromatic carbocycles. The first-order chi connectivity index (χ1) is 33.6. The second-order valence-electron chi connectivity index (χ2n) is 22.9. The van der Waals surface area contributed by atoms with E-state index in [1.54, 1.807) is 0 Å². The molecule has 70 heavy (non-hydrogen) atoms. The van der Waals surface area contributed by atoms with Gasteiger partial charge in [0, 0.05) is 60.4 Å². The zero-order valence-corrected chi connectivity index (χ0v) is 41.4. The summed E-state index contributed by atoms with van der Waals surface area (Å²) in [6, 6.07) is 63.4. The average molecular weight is 906 g/mol. The predicted molar refractivity (Wildman–Crippen MR) is 293 cm³/mol. The summed E-state index contributed by atoms with van der Waals surface area (Å²) in [5, 5.41) is 4.76. The average Bonchev–Trinajstić information content (AvgIpc) is 4.10. The summed E-state index contributed by atoms with van der Waals surface area (Å²) in [4.78, 5) is 2.49. The molecule has 0 fully saturated rings. The number of furan rings is 2. The molecule has 0 unspecified atom stereocenters. The Balaban J connectivity index is 0.939. The summed E-state index contributed by atoms with van der Waals surface area (Å²) in [6.45, 7) is 21.3. The first kappa shape index (κ1) is 41.4. The van der Waals surface area contributed by atoms with Gasteiger partial charge in [-0.15, -0.1) is 0 Å². The lowest BCUT2D eigenvalue weighted by molar-refractivity contribution is 0.590. The molecule has 0 N–H and O–H groups in total. The number of fused-ring (bicyclic) bond motifs is 17. The van der Waals surface area contributed by atoms with Crippen LogP contribution in [0.2, 0.25) is 0 Å². The van der Waals surface area contributed by atoms with E-state index in [0.29, 0.717) is 0 Å². The molecule has 0 bridgehead atoms. The van der Waals surface area contributed by atoms with Crippen LogP contribution in [-0.2, 0) is 21.7 Å². The van der Waals surface area contributed by atoms with Crippen LogP contribution in [0.15, 0.2) is 179 Å². The molecule has 0 amide bonds. The maximum absolute atomic E-state index is 6.80. The molecule has 11 aromatic rings. The molecule has 0 atom stereocenters. The molecule has 2 heterocycles. The van der Waals surface area contributed by atoms with Gasteiger partial charge >= 0.3 is 0 Å². The number of nitrogens with zero attached hydrogens (tertiary/aromatic N) is 1. The van der Waals surface area contributed by atoms with Gasteiger partial charge in [-0.3, -0.25) is 0 Å². The number of hydrogen-bond donors (Lipinski definition) is 0. The Bertz CT molecular complexity index is 4050. The van der Waals surface area contributed by atoms with Crippen LogP contribution < -0.4 is 4.90 Å². The standard InChI is InChI=1S/C67H55NO2/c1-64(2,3)39-23-25-40(26-24-39)68(42-28-30-44-52(34-42)67(8,9)55-35-47(38-17-11-10-12-18-38)63-62(59(44)55)46-20-14-16-22-57(46)70-63)41-27-29-43-48-36-54-49(37-53(48)66(6,7)51(43)33-41)60-50(65(54,4)5)31-32-58-61(60)45-19-13-15-21-56(45)69-58/h10-37H,1-9H3. The van der Waals surface area contributed by atoms with Crippen molar-refractivity contribution in [2.45, 2.75) is 84.0 Å². The van der Waals surface area contributed by atoms with Crippen molar-refractivity contribution in [2.24, 2.45) is 0 Å². The molecular formula is C67H55NO2. The molecule has 340 valence electrons. The summed E-state index contributed by atoms with van der Waals surface area (Å²) < 4.78 is 13.3. The molecule has 2 aromatic heterocycles. The van der Waals surface area contributed by atoms with E-state index in [1.807, 2.05) is 0 Å². The van der Waals surface area contributed by atoms with Crippen molar-refractivity contribution in [1.82, 2.24) is 0 Å². The van der Waals surface area contributed by atoms with Crippen molar-refractivity contribution in [3.8, 4) is 44.5 Å². The lowest BCUT2D eigenvalue weighted by Gasteiger charge is -2.30. The van der Waals surface area contributed by atoms with Gasteiger partial charge in [0.1, 0.15) is 22.3 Å². The zero-order valence-electron chi connectivity index (χ0n) is 41.4. The Labute approximate surface area is 410 Å². The fourth-order valence-corrected chi connectivity index (χ4v) is 13.0. The Morgan fingerprint density at radius 1 is 0.371 bits per heavy atom. The quantitative estimate of drug-likeness (QED) is 0.176. The third-order valence-electron chi connectivity index (χ3n) is 16.8. The molecule has 0 spiro atoms. The Morgan fingerprint density at radius 3 is 1.59 bits per heavy atom. The lowest BCUT2D eigenvalue weighted by atomic mass is 9.79. The van der Waals surface area contributed by atoms with Crippen molar-refractivity contribution in [2.75, 3.05) is 4.90 Å². The third kappa shape index (κ3) is 5.46. The molecule has 3 aliphatic rings. The molecule has 0 radical (unpaired) electrons. The van der Waals surface area contributed by atoms with Crippen LogP contribution in [0.5, 0.6) is 0 Å². The first-order valence-electron chi connectivity index (χ1n) is 25.0.